The van der Waals surface area contributed by atoms with Gasteiger partial charge in [0.2, 0.25) is 5.91 Å². The molecular formula is C16H17N3O3S2. The van der Waals surface area contributed by atoms with Gasteiger partial charge in [-0.05, 0) is 12.5 Å². The molecule has 126 valence electrons. The highest BCUT2D eigenvalue weighted by molar-refractivity contribution is 7.99. The van der Waals surface area contributed by atoms with Crippen LogP contribution >= 0.6 is 23.1 Å². The van der Waals surface area contributed by atoms with Crippen LogP contribution in [0.1, 0.15) is 11.3 Å². The number of hydrogen-bond donors (Lipinski definition) is 1. The lowest BCUT2D eigenvalue weighted by Crippen LogP contribution is -2.44. The fraction of sp³-hybridized carbons (Fsp3) is 0.312. The molecule has 0 unspecified atom stereocenters. The predicted octanol–water partition coefficient (Wildman–Crippen LogP) is 3.10. The van der Waals surface area contributed by atoms with E-state index in [2.05, 4.69) is 10.3 Å². The summed E-state index contributed by atoms with van der Waals surface area (Å²) in [4.78, 5) is 30.4. The number of thiazole rings is 1. The molecule has 2 heterocycles. The van der Waals surface area contributed by atoms with E-state index in [-0.39, 0.29) is 12.5 Å². The van der Waals surface area contributed by atoms with E-state index in [4.69, 9.17) is 4.74 Å². The minimum Gasteiger partial charge on any atom is -0.445 e. The van der Waals surface area contributed by atoms with Gasteiger partial charge in [-0.15, -0.1) is 23.1 Å². The van der Waals surface area contributed by atoms with E-state index in [0.29, 0.717) is 16.8 Å². The summed E-state index contributed by atoms with van der Waals surface area (Å²) >= 11 is 2.90. The Hall–Kier alpha value is -2.06. The largest absolute Gasteiger partial charge is 0.445 e. The number of ether oxygens (including phenoxy) is 1. The van der Waals surface area contributed by atoms with Gasteiger partial charge in [0.1, 0.15) is 12.6 Å². The molecule has 1 aromatic heterocycles. The first-order chi connectivity index (χ1) is 11.6. The third-order valence-corrected chi connectivity index (χ3v) is 5.36. The second-order valence-corrected chi connectivity index (χ2v) is 7.17. The lowest BCUT2D eigenvalue weighted by atomic mass is 10.2. The fourth-order valence-corrected chi connectivity index (χ4v) is 4.08. The van der Waals surface area contributed by atoms with Crippen LogP contribution in [0.3, 0.4) is 0 Å². The van der Waals surface area contributed by atoms with Gasteiger partial charge in [-0.3, -0.25) is 9.69 Å². The highest BCUT2D eigenvalue weighted by Crippen LogP contribution is 2.24. The molecule has 8 heteroatoms. The van der Waals surface area contributed by atoms with Crippen LogP contribution in [0.4, 0.5) is 9.93 Å². The molecule has 0 aliphatic carbocycles. The Bertz CT molecular complexity index is 720. The maximum Gasteiger partial charge on any atom is 0.411 e. The van der Waals surface area contributed by atoms with Crippen molar-refractivity contribution in [2.75, 3.05) is 16.9 Å². The van der Waals surface area contributed by atoms with Gasteiger partial charge < -0.3 is 10.1 Å². The summed E-state index contributed by atoms with van der Waals surface area (Å²) in [6.07, 6.45) is -0.473. The molecule has 24 heavy (non-hydrogen) atoms. The third kappa shape index (κ3) is 4.07. The highest BCUT2D eigenvalue weighted by atomic mass is 32.2. The average molecular weight is 363 g/mol. The van der Waals surface area contributed by atoms with E-state index in [1.54, 1.807) is 0 Å². The molecule has 2 aromatic rings. The van der Waals surface area contributed by atoms with Gasteiger partial charge in [-0.1, -0.05) is 30.3 Å². The Balaban J connectivity index is 1.57. The molecule has 1 atom stereocenters. The van der Waals surface area contributed by atoms with E-state index in [0.717, 1.165) is 11.3 Å². The van der Waals surface area contributed by atoms with Crippen LogP contribution in [0.15, 0.2) is 35.7 Å². The monoisotopic (exact) mass is 363 g/mol. The Morgan fingerprint density at radius 2 is 2.17 bits per heavy atom. The summed E-state index contributed by atoms with van der Waals surface area (Å²) in [5.41, 5.74) is 1.77. The summed E-state index contributed by atoms with van der Waals surface area (Å²) in [6.45, 7) is 2.06. The second kappa shape index (κ2) is 7.67. The zero-order chi connectivity index (χ0) is 16.9. The first-order valence-corrected chi connectivity index (χ1v) is 9.45. The lowest BCUT2D eigenvalue weighted by molar-refractivity contribution is -0.119. The summed E-state index contributed by atoms with van der Waals surface area (Å²) < 4.78 is 5.33. The van der Waals surface area contributed by atoms with Crippen LogP contribution in [0.2, 0.25) is 0 Å². The fourth-order valence-electron chi connectivity index (χ4n) is 2.24. The van der Waals surface area contributed by atoms with Crippen LogP contribution in [0.5, 0.6) is 0 Å². The number of amides is 2. The Morgan fingerprint density at radius 1 is 1.38 bits per heavy atom. The van der Waals surface area contributed by atoms with Gasteiger partial charge in [-0.25, -0.2) is 9.78 Å². The van der Waals surface area contributed by atoms with Crippen molar-refractivity contribution in [2.45, 2.75) is 19.6 Å². The van der Waals surface area contributed by atoms with Crippen molar-refractivity contribution in [3.8, 4) is 0 Å². The molecule has 1 N–H and O–H groups in total. The maximum absolute atomic E-state index is 12.4. The van der Waals surface area contributed by atoms with Crippen molar-refractivity contribution in [3.05, 3.63) is 47.0 Å². The van der Waals surface area contributed by atoms with Gasteiger partial charge in [0.05, 0.1) is 11.6 Å². The van der Waals surface area contributed by atoms with Crippen molar-refractivity contribution in [1.29, 1.82) is 0 Å². The molecule has 1 fully saturated rings. The third-order valence-electron chi connectivity index (χ3n) is 3.47. The van der Waals surface area contributed by atoms with E-state index >= 15 is 0 Å². The van der Waals surface area contributed by atoms with Gasteiger partial charge >= 0.3 is 6.09 Å². The number of aryl methyl sites for hydroxylation is 1. The summed E-state index contributed by atoms with van der Waals surface area (Å²) in [5, 5.41) is 5.18. The number of nitrogens with zero attached hydrogens (tertiary/aromatic N) is 2. The molecule has 1 aromatic carbocycles. The number of hydrogen-bond acceptors (Lipinski definition) is 6. The summed E-state index contributed by atoms with van der Waals surface area (Å²) in [5.74, 6) is 0.769. The SMILES string of the molecule is Cc1csc(NC(=O)[C@H]2CSCN2C(=O)OCc2ccccc2)n1. The van der Waals surface area contributed by atoms with Crippen LogP contribution in [0.25, 0.3) is 0 Å². The Labute approximate surface area is 148 Å². The van der Waals surface area contributed by atoms with Crippen molar-refractivity contribution in [2.24, 2.45) is 0 Å². The molecular weight excluding hydrogens is 346 g/mol. The van der Waals surface area contributed by atoms with E-state index in [9.17, 15) is 9.59 Å². The van der Waals surface area contributed by atoms with Crippen LogP contribution < -0.4 is 5.32 Å². The summed E-state index contributed by atoms with van der Waals surface area (Å²) in [7, 11) is 0. The molecule has 3 rings (SSSR count). The first kappa shape index (κ1) is 16.8. The number of carbonyl (C=O) groups excluding carboxylic acids is 2. The first-order valence-electron chi connectivity index (χ1n) is 7.41. The highest BCUT2D eigenvalue weighted by Gasteiger charge is 2.36. The van der Waals surface area contributed by atoms with Crippen LogP contribution in [-0.4, -0.2) is 39.6 Å². The Morgan fingerprint density at radius 3 is 2.88 bits per heavy atom. The number of aromatic nitrogens is 1. The van der Waals surface area contributed by atoms with Crippen molar-refractivity contribution in [3.63, 3.8) is 0 Å². The normalized spacial score (nSPS) is 16.9. The van der Waals surface area contributed by atoms with E-state index < -0.39 is 12.1 Å². The molecule has 2 amide bonds. The number of benzene rings is 1. The predicted molar refractivity (Wildman–Crippen MR) is 95.1 cm³/mol. The van der Waals surface area contributed by atoms with Gasteiger partial charge in [0.25, 0.3) is 0 Å². The molecule has 1 saturated heterocycles. The standard InChI is InChI=1S/C16H17N3O3S2/c1-11-8-24-15(17-11)18-14(20)13-9-23-10-19(13)16(21)22-7-12-5-3-2-4-6-12/h2-6,8,13H,7,9-10H2,1H3,(H,17,18,20)/t13-/m1/s1. The zero-order valence-electron chi connectivity index (χ0n) is 13.1. The number of rotatable bonds is 4. The van der Waals surface area contributed by atoms with Crippen molar-refractivity contribution < 1.29 is 14.3 Å². The van der Waals surface area contributed by atoms with Crippen molar-refractivity contribution in [1.82, 2.24) is 9.88 Å². The topological polar surface area (TPSA) is 71.5 Å². The molecule has 1 aliphatic rings. The number of carbonyl (C=O) groups is 2. The van der Waals surface area contributed by atoms with E-state index in [1.165, 1.54) is 28.0 Å². The molecule has 0 spiro atoms. The van der Waals surface area contributed by atoms with Gasteiger partial charge in [-0.2, -0.15) is 0 Å². The minimum absolute atomic E-state index is 0.195. The zero-order valence-corrected chi connectivity index (χ0v) is 14.7. The number of nitrogens with one attached hydrogen (secondary N) is 1. The summed E-state index contributed by atoms with van der Waals surface area (Å²) in [6, 6.07) is 8.93. The number of thioether (sulfide) groups is 1. The molecule has 0 bridgehead atoms. The number of anilines is 1. The van der Waals surface area contributed by atoms with Gasteiger partial charge in [0.15, 0.2) is 5.13 Å². The van der Waals surface area contributed by atoms with Gasteiger partial charge in [0, 0.05) is 11.1 Å². The van der Waals surface area contributed by atoms with Crippen LogP contribution in [-0.2, 0) is 16.1 Å². The molecule has 6 nitrogen and oxygen atoms in total. The van der Waals surface area contributed by atoms with Crippen LogP contribution in [0, 0.1) is 6.92 Å². The smallest absolute Gasteiger partial charge is 0.411 e. The Kier molecular flexibility index (Phi) is 5.37. The minimum atomic E-state index is -0.539. The molecule has 0 radical (unpaired) electrons. The van der Waals surface area contributed by atoms with Crippen molar-refractivity contribution >= 4 is 40.2 Å². The lowest BCUT2D eigenvalue weighted by Gasteiger charge is -2.22. The molecule has 0 saturated carbocycles. The molecule has 1 aliphatic heterocycles. The quantitative estimate of drug-likeness (QED) is 0.904. The second-order valence-electron chi connectivity index (χ2n) is 5.31. The average Bonchev–Trinajstić information content (AvgIpc) is 3.22. The van der Waals surface area contributed by atoms with E-state index in [1.807, 2.05) is 42.6 Å². The maximum atomic E-state index is 12.4.